The van der Waals surface area contributed by atoms with Crippen molar-refractivity contribution in [2.24, 2.45) is 11.8 Å². The Kier molecular flexibility index (Phi) is 3.53. The topological polar surface area (TPSA) is 80.9 Å². The van der Waals surface area contributed by atoms with Crippen LogP contribution in [0.25, 0.3) is 0 Å². The van der Waals surface area contributed by atoms with Crippen molar-refractivity contribution >= 4 is 0 Å². The lowest BCUT2D eigenvalue weighted by atomic mass is 9.72. The monoisotopic (exact) mass is 204 g/mol. The molecule has 0 spiro atoms. The molecule has 0 aromatic heterocycles. The molecular formula is C10H20O4. The van der Waals surface area contributed by atoms with E-state index in [1.807, 2.05) is 0 Å². The molecule has 0 saturated heterocycles. The Balaban J connectivity index is 2.66. The molecule has 4 N–H and O–H groups in total. The third-order valence-corrected chi connectivity index (χ3v) is 3.47. The first kappa shape index (κ1) is 11.9. The zero-order valence-corrected chi connectivity index (χ0v) is 8.72. The van der Waals surface area contributed by atoms with E-state index in [0.717, 1.165) is 0 Å². The van der Waals surface area contributed by atoms with E-state index in [1.54, 1.807) is 6.92 Å². The standard InChI is InChI=1S/C10H20O4/c1-6-8(12)3-7(4-9(6)13)10(2,14)5-11/h6-9,11-14H,3-5H2,1-2H3. The zero-order valence-electron chi connectivity index (χ0n) is 8.72. The van der Waals surface area contributed by atoms with Crippen molar-refractivity contribution in [3.8, 4) is 0 Å². The Hall–Kier alpha value is -0.160. The van der Waals surface area contributed by atoms with E-state index in [2.05, 4.69) is 0 Å². The van der Waals surface area contributed by atoms with E-state index in [4.69, 9.17) is 5.11 Å². The number of aliphatic hydroxyl groups is 4. The van der Waals surface area contributed by atoms with Crippen LogP contribution >= 0.6 is 0 Å². The van der Waals surface area contributed by atoms with Crippen LogP contribution in [0, 0.1) is 11.8 Å². The minimum atomic E-state index is -1.21. The molecule has 3 unspecified atom stereocenters. The van der Waals surface area contributed by atoms with Gasteiger partial charge >= 0.3 is 0 Å². The molecule has 4 nitrogen and oxygen atoms in total. The van der Waals surface area contributed by atoms with Gasteiger partial charge in [-0.25, -0.2) is 0 Å². The molecule has 1 saturated carbocycles. The molecule has 0 amide bonds. The largest absolute Gasteiger partial charge is 0.393 e. The van der Waals surface area contributed by atoms with Gasteiger partial charge in [0.25, 0.3) is 0 Å². The number of aliphatic hydroxyl groups excluding tert-OH is 3. The average Bonchev–Trinajstić information content (AvgIpc) is 2.13. The second-order valence-corrected chi connectivity index (χ2v) is 4.68. The summed E-state index contributed by atoms with van der Waals surface area (Å²) in [6.07, 6.45) is -0.319. The molecule has 0 aliphatic heterocycles. The molecule has 1 rings (SSSR count). The highest BCUT2D eigenvalue weighted by molar-refractivity contribution is 4.92. The predicted molar refractivity (Wildman–Crippen MR) is 51.6 cm³/mol. The van der Waals surface area contributed by atoms with Crippen molar-refractivity contribution in [3.63, 3.8) is 0 Å². The third kappa shape index (κ3) is 2.25. The minimum Gasteiger partial charge on any atom is -0.393 e. The molecule has 1 fully saturated rings. The molecule has 3 atom stereocenters. The first-order valence-corrected chi connectivity index (χ1v) is 5.08. The molecular weight excluding hydrogens is 184 g/mol. The van der Waals surface area contributed by atoms with Crippen LogP contribution in [0.4, 0.5) is 0 Å². The summed E-state index contributed by atoms with van der Waals surface area (Å²) in [6, 6.07) is 0. The van der Waals surface area contributed by atoms with Crippen molar-refractivity contribution < 1.29 is 20.4 Å². The van der Waals surface area contributed by atoms with Gasteiger partial charge in [-0.05, 0) is 25.7 Å². The summed E-state index contributed by atoms with van der Waals surface area (Å²) in [6.45, 7) is 2.98. The Labute approximate surface area is 84.2 Å². The molecule has 0 bridgehead atoms. The summed E-state index contributed by atoms with van der Waals surface area (Å²) in [7, 11) is 0. The van der Waals surface area contributed by atoms with Gasteiger partial charge in [0.1, 0.15) is 0 Å². The van der Waals surface area contributed by atoms with Crippen LogP contribution in [0.15, 0.2) is 0 Å². The van der Waals surface area contributed by atoms with Gasteiger partial charge in [-0.2, -0.15) is 0 Å². The molecule has 4 heteroatoms. The lowest BCUT2D eigenvalue weighted by Gasteiger charge is -2.41. The molecule has 84 valence electrons. The second-order valence-electron chi connectivity index (χ2n) is 4.68. The van der Waals surface area contributed by atoms with Gasteiger partial charge in [-0.3, -0.25) is 0 Å². The van der Waals surface area contributed by atoms with Crippen LogP contribution < -0.4 is 0 Å². The first-order chi connectivity index (χ1) is 6.38. The maximum Gasteiger partial charge on any atom is 0.0879 e. The number of hydrogen-bond donors (Lipinski definition) is 4. The van der Waals surface area contributed by atoms with Crippen molar-refractivity contribution in [2.75, 3.05) is 6.61 Å². The summed E-state index contributed by atoms with van der Waals surface area (Å²) < 4.78 is 0. The minimum absolute atomic E-state index is 0.152. The summed E-state index contributed by atoms with van der Waals surface area (Å²) in [5.74, 6) is -0.394. The van der Waals surface area contributed by atoms with E-state index in [1.165, 1.54) is 6.92 Å². The Morgan fingerprint density at radius 2 is 1.64 bits per heavy atom. The number of hydrogen-bond acceptors (Lipinski definition) is 4. The summed E-state index contributed by atoms with van der Waals surface area (Å²) in [5, 5.41) is 38.0. The maximum absolute atomic E-state index is 9.80. The summed E-state index contributed by atoms with van der Waals surface area (Å²) >= 11 is 0. The molecule has 1 aliphatic rings. The Bertz CT molecular complexity index is 181. The SMILES string of the molecule is CC1C(O)CC(C(C)(O)CO)CC1O. The highest BCUT2D eigenvalue weighted by Crippen LogP contribution is 2.35. The highest BCUT2D eigenvalue weighted by Gasteiger charge is 2.41. The van der Waals surface area contributed by atoms with Crippen LogP contribution in [0.5, 0.6) is 0 Å². The third-order valence-electron chi connectivity index (χ3n) is 3.47. The summed E-state index contributed by atoms with van der Waals surface area (Å²) in [5.41, 5.74) is -1.21. The van der Waals surface area contributed by atoms with Crippen molar-refractivity contribution in [1.82, 2.24) is 0 Å². The van der Waals surface area contributed by atoms with Gasteiger partial charge < -0.3 is 20.4 Å². The van der Waals surface area contributed by atoms with Gasteiger partial charge in [-0.1, -0.05) is 6.92 Å². The van der Waals surface area contributed by atoms with E-state index >= 15 is 0 Å². The van der Waals surface area contributed by atoms with Gasteiger partial charge in [0.2, 0.25) is 0 Å². The quantitative estimate of drug-likeness (QED) is 0.489. The normalized spacial score (nSPS) is 43.3. The van der Waals surface area contributed by atoms with E-state index in [-0.39, 0.29) is 18.4 Å². The fourth-order valence-corrected chi connectivity index (χ4v) is 2.00. The molecule has 0 radical (unpaired) electrons. The predicted octanol–water partition coefficient (Wildman–Crippen LogP) is -0.502. The lowest BCUT2D eigenvalue weighted by molar-refractivity contribution is -0.115. The Morgan fingerprint density at radius 3 is 2.00 bits per heavy atom. The van der Waals surface area contributed by atoms with Gasteiger partial charge in [0.15, 0.2) is 0 Å². The van der Waals surface area contributed by atoms with Crippen LogP contribution in [-0.2, 0) is 0 Å². The van der Waals surface area contributed by atoms with Crippen LogP contribution in [0.2, 0.25) is 0 Å². The molecule has 1 aliphatic carbocycles. The van der Waals surface area contributed by atoms with E-state index < -0.39 is 17.8 Å². The van der Waals surface area contributed by atoms with E-state index in [0.29, 0.717) is 12.8 Å². The lowest BCUT2D eigenvalue weighted by Crippen LogP contribution is -2.48. The zero-order chi connectivity index (χ0) is 10.9. The number of rotatable bonds is 2. The van der Waals surface area contributed by atoms with Crippen LogP contribution in [0.3, 0.4) is 0 Å². The molecule has 0 aromatic rings. The van der Waals surface area contributed by atoms with Gasteiger partial charge in [-0.15, -0.1) is 0 Å². The first-order valence-electron chi connectivity index (χ1n) is 5.08. The maximum atomic E-state index is 9.80. The van der Waals surface area contributed by atoms with Crippen molar-refractivity contribution in [3.05, 3.63) is 0 Å². The van der Waals surface area contributed by atoms with Crippen molar-refractivity contribution in [2.45, 2.75) is 44.5 Å². The summed E-state index contributed by atoms with van der Waals surface area (Å²) in [4.78, 5) is 0. The van der Waals surface area contributed by atoms with Crippen molar-refractivity contribution in [1.29, 1.82) is 0 Å². The van der Waals surface area contributed by atoms with E-state index in [9.17, 15) is 15.3 Å². The van der Waals surface area contributed by atoms with Crippen LogP contribution in [-0.4, -0.2) is 44.8 Å². The Morgan fingerprint density at radius 1 is 1.21 bits per heavy atom. The fraction of sp³-hybridized carbons (Fsp3) is 1.00. The second kappa shape index (κ2) is 4.14. The average molecular weight is 204 g/mol. The smallest absolute Gasteiger partial charge is 0.0879 e. The van der Waals surface area contributed by atoms with Crippen LogP contribution in [0.1, 0.15) is 26.7 Å². The highest BCUT2D eigenvalue weighted by atomic mass is 16.3. The molecule has 14 heavy (non-hydrogen) atoms. The fourth-order valence-electron chi connectivity index (χ4n) is 2.00. The van der Waals surface area contributed by atoms with Gasteiger partial charge in [0.05, 0.1) is 24.4 Å². The van der Waals surface area contributed by atoms with Gasteiger partial charge in [0, 0.05) is 5.92 Å². The molecule has 0 aromatic carbocycles. The molecule has 0 heterocycles.